The molecule has 22 heavy (non-hydrogen) atoms. The fourth-order valence-corrected chi connectivity index (χ4v) is 4.84. The maximum absolute atomic E-state index is 12.8. The van der Waals surface area contributed by atoms with Crippen molar-refractivity contribution in [3.8, 4) is 0 Å². The van der Waals surface area contributed by atoms with Gasteiger partial charge in [-0.15, -0.1) is 0 Å². The molecule has 3 rings (SSSR count). The normalized spacial score (nSPS) is 23.2. The molecule has 0 aromatic heterocycles. The van der Waals surface area contributed by atoms with Gasteiger partial charge in [0.05, 0.1) is 5.92 Å². The van der Waals surface area contributed by atoms with Gasteiger partial charge in [-0.25, -0.2) is 0 Å². The average Bonchev–Trinajstić information content (AvgIpc) is 3.04. The minimum absolute atomic E-state index is 0.0818. The van der Waals surface area contributed by atoms with Crippen LogP contribution >= 0.6 is 0 Å². The summed E-state index contributed by atoms with van der Waals surface area (Å²) >= 11 is 0. The van der Waals surface area contributed by atoms with Crippen LogP contribution in [0.25, 0.3) is 0 Å². The predicted molar refractivity (Wildman–Crippen MR) is 83.2 cm³/mol. The van der Waals surface area contributed by atoms with E-state index in [9.17, 15) is 13.2 Å². The summed E-state index contributed by atoms with van der Waals surface area (Å²) in [6.45, 7) is 1.61. The number of benzene rings is 1. The Balaban J connectivity index is 1.74. The van der Waals surface area contributed by atoms with E-state index in [-0.39, 0.29) is 18.4 Å². The van der Waals surface area contributed by atoms with Gasteiger partial charge < -0.3 is 5.32 Å². The summed E-state index contributed by atoms with van der Waals surface area (Å²) in [5, 5.41) is 2.60. The van der Waals surface area contributed by atoms with E-state index in [0.717, 1.165) is 12.0 Å². The van der Waals surface area contributed by atoms with E-state index < -0.39 is 10.2 Å². The Morgan fingerprint density at radius 2 is 1.91 bits per heavy atom. The standard InChI is InChI=1S/C15H21N3O3S/c1-16-15(19)14-7-9-18(11-14)22(20,21)17-8-6-12-4-2-3-5-13(12)10-17/h2-5,14H,6-11H2,1H3,(H,16,19)/t14-/m0/s1. The number of nitrogens with zero attached hydrogens (tertiary/aromatic N) is 2. The van der Waals surface area contributed by atoms with E-state index in [4.69, 9.17) is 0 Å². The van der Waals surface area contributed by atoms with Crippen LogP contribution < -0.4 is 5.32 Å². The molecule has 0 spiro atoms. The first-order chi connectivity index (χ1) is 10.5. The van der Waals surface area contributed by atoms with Gasteiger partial charge in [-0.2, -0.15) is 17.0 Å². The second-order valence-corrected chi connectivity index (χ2v) is 7.75. The molecule has 1 N–H and O–H groups in total. The molecule has 6 nitrogen and oxygen atoms in total. The molecule has 0 saturated carbocycles. The van der Waals surface area contributed by atoms with Crippen LogP contribution in [0.4, 0.5) is 0 Å². The van der Waals surface area contributed by atoms with E-state index in [0.29, 0.717) is 26.1 Å². The smallest absolute Gasteiger partial charge is 0.282 e. The van der Waals surface area contributed by atoms with Crippen LogP contribution in [-0.4, -0.2) is 49.6 Å². The molecule has 2 aliphatic heterocycles. The Bertz CT molecular complexity index is 674. The van der Waals surface area contributed by atoms with Crippen LogP contribution in [-0.2, 0) is 28.0 Å². The second kappa shape index (κ2) is 5.98. The first-order valence-electron chi connectivity index (χ1n) is 7.56. The van der Waals surface area contributed by atoms with E-state index in [1.807, 2.05) is 18.2 Å². The molecule has 2 aliphatic rings. The first-order valence-corrected chi connectivity index (χ1v) is 8.95. The highest BCUT2D eigenvalue weighted by Crippen LogP contribution is 2.26. The summed E-state index contributed by atoms with van der Waals surface area (Å²) in [7, 11) is -1.91. The minimum atomic E-state index is -3.49. The fourth-order valence-electron chi connectivity index (χ4n) is 3.19. The average molecular weight is 323 g/mol. The quantitative estimate of drug-likeness (QED) is 0.873. The summed E-state index contributed by atoms with van der Waals surface area (Å²) < 4.78 is 28.5. The Kier molecular flexibility index (Phi) is 4.20. The number of carbonyl (C=O) groups is 1. The van der Waals surface area contributed by atoms with Crippen molar-refractivity contribution in [2.75, 3.05) is 26.7 Å². The number of nitrogens with one attached hydrogen (secondary N) is 1. The van der Waals surface area contributed by atoms with Gasteiger partial charge in [0.2, 0.25) is 5.91 Å². The van der Waals surface area contributed by atoms with Crippen LogP contribution in [0.5, 0.6) is 0 Å². The van der Waals surface area contributed by atoms with Crippen molar-refractivity contribution in [3.63, 3.8) is 0 Å². The summed E-state index contributed by atoms with van der Waals surface area (Å²) in [6.07, 6.45) is 1.32. The third-order valence-electron chi connectivity index (χ3n) is 4.52. The van der Waals surface area contributed by atoms with Gasteiger partial charge in [-0.3, -0.25) is 4.79 Å². The van der Waals surface area contributed by atoms with Crippen LogP contribution in [0.15, 0.2) is 24.3 Å². The molecule has 0 bridgehead atoms. The topological polar surface area (TPSA) is 69.7 Å². The molecule has 7 heteroatoms. The molecular weight excluding hydrogens is 302 g/mol. The fraction of sp³-hybridized carbons (Fsp3) is 0.533. The van der Waals surface area contributed by atoms with Crippen molar-refractivity contribution in [3.05, 3.63) is 35.4 Å². The van der Waals surface area contributed by atoms with Gasteiger partial charge in [-0.1, -0.05) is 24.3 Å². The Morgan fingerprint density at radius 1 is 1.18 bits per heavy atom. The predicted octanol–water partition coefficient (Wildman–Crippen LogP) is 0.357. The second-order valence-electron chi connectivity index (χ2n) is 5.82. The largest absolute Gasteiger partial charge is 0.359 e. The van der Waals surface area contributed by atoms with Crippen LogP contribution in [0, 0.1) is 5.92 Å². The first kappa shape index (κ1) is 15.5. The van der Waals surface area contributed by atoms with Crippen LogP contribution in [0.1, 0.15) is 17.5 Å². The van der Waals surface area contributed by atoms with Gasteiger partial charge >= 0.3 is 0 Å². The third kappa shape index (κ3) is 2.76. The summed E-state index contributed by atoms with van der Waals surface area (Å²) in [5.74, 6) is -0.321. The summed E-state index contributed by atoms with van der Waals surface area (Å²) in [6, 6.07) is 7.95. The molecule has 1 aromatic carbocycles. The Hall–Kier alpha value is -1.44. The van der Waals surface area contributed by atoms with Crippen LogP contribution in [0.3, 0.4) is 0 Å². The summed E-state index contributed by atoms with van der Waals surface area (Å²) in [5.41, 5.74) is 2.29. The zero-order valence-corrected chi connectivity index (χ0v) is 13.5. The van der Waals surface area contributed by atoms with E-state index in [1.165, 1.54) is 14.2 Å². The molecular formula is C15H21N3O3S. The number of amides is 1. The van der Waals surface area contributed by atoms with Crippen molar-refractivity contribution in [1.29, 1.82) is 0 Å². The minimum Gasteiger partial charge on any atom is -0.359 e. The molecule has 1 atom stereocenters. The molecule has 1 saturated heterocycles. The van der Waals surface area contributed by atoms with E-state index >= 15 is 0 Å². The number of rotatable bonds is 3. The van der Waals surface area contributed by atoms with Crippen molar-refractivity contribution >= 4 is 16.1 Å². The van der Waals surface area contributed by atoms with Crippen molar-refractivity contribution < 1.29 is 13.2 Å². The van der Waals surface area contributed by atoms with Crippen molar-refractivity contribution in [1.82, 2.24) is 13.9 Å². The Morgan fingerprint density at radius 3 is 2.64 bits per heavy atom. The van der Waals surface area contributed by atoms with Gasteiger partial charge in [0.15, 0.2) is 0 Å². The van der Waals surface area contributed by atoms with E-state index in [2.05, 4.69) is 11.4 Å². The molecule has 0 radical (unpaired) electrons. The lowest BCUT2D eigenvalue weighted by atomic mass is 10.0. The maximum Gasteiger partial charge on any atom is 0.282 e. The third-order valence-corrected chi connectivity index (χ3v) is 6.46. The van der Waals surface area contributed by atoms with Crippen molar-refractivity contribution in [2.45, 2.75) is 19.4 Å². The molecule has 1 aromatic rings. The molecule has 0 aliphatic carbocycles. The highest BCUT2D eigenvalue weighted by atomic mass is 32.2. The molecule has 120 valence electrons. The number of hydrogen-bond acceptors (Lipinski definition) is 3. The molecule has 0 unspecified atom stereocenters. The van der Waals surface area contributed by atoms with Crippen LogP contribution in [0.2, 0.25) is 0 Å². The lowest BCUT2D eigenvalue weighted by Gasteiger charge is -2.31. The van der Waals surface area contributed by atoms with Gasteiger partial charge in [0, 0.05) is 33.2 Å². The molecule has 1 amide bonds. The zero-order valence-electron chi connectivity index (χ0n) is 12.7. The van der Waals surface area contributed by atoms with Gasteiger partial charge in [0.25, 0.3) is 10.2 Å². The lowest BCUT2D eigenvalue weighted by molar-refractivity contribution is -0.124. The van der Waals surface area contributed by atoms with Gasteiger partial charge in [-0.05, 0) is 24.0 Å². The highest BCUT2D eigenvalue weighted by Gasteiger charge is 2.38. The van der Waals surface area contributed by atoms with Crippen molar-refractivity contribution in [2.24, 2.45) is 5.92 Å². The van der Waals surface area contributed by atoms with Gasteiger partial charge in [0.1, 0.15) is 0 Å². The highest BCUT2D eigenvalue weighted by molar-refractivity contribution is 7.86. The summed E-state index contributed by atoms with van der Waals surface area (Å²) in [4.78, 5) is 11.7. The number of carbonyl (C=O) groups excluding carboxylic acids is 1. The molecule has 2 heterocycles. The zero-order chi connectivity index (χ0) is 15.7. The SMILES string of the molecule is CNC(=O)[C@H]1CCN(S(=O)(=O)N2CCc3ccccc3C2)C1. The monoisotopic (exact) mass is 323 g/mol. The molecule has 1 fully saturated rings. The number of fused-ring (bicyclic) bond motifs is 1. The lowest BCUT2D eigenvalue weighted by Crippen LogP contribution is -2.45. The van der Waals surface area contributed by atoms with E-state index in [1.54, 1.807) is 7.05 Å². The maximum atomic E-state index is 12.8. The number of hydrogen-bond donors (Lipinski definition) is 1. The Labute approximate surface area is 131 Å².